The average Bonchev–Trinajstić information content (AvgIpc) is 2.45. The van der Waals surface area contributed by atoms with Crippen molar-refractivity contribution in [1.29, 1.82) is 0 Å². The molecule has 1 amide bonds. The summed E-state index contributed by atoms with van der Waals surface area (Å²) in [4.78, 5) is 23.1. The van der Waals surface area contributed by atoms with Crippen molar-refractivity contribution in [2.75, 3.05) is 6.54 Å². The number of hydrogen-bond acceptors (Lipinski definition) is 3. The number of carboxylic acids is 1. The fourth-order valence-corrected chi connectivity index (χ4v) is 2.55. The van der Waals surface area contributed by atoms with E-state index in [2.05, 4.69) is 36.6 Å². The van der Waals surface area contributed by atoms with E-state index in [1.54, 1.807) is 0 Å². The number of carboxylic acid groups (broad SMARTS) is 1. The Labute approximate surface area is 124 Å². The molecule has 0 radical (unpaired) electrons. The van der Waals surface area contributed by atoms with E-state index >= 15 is 0 Å². The summed E-state index contributed by atoms with van der Waals surface area (Å²) in [7, 11) is 0. The van der Waals surface area contributed by atoms with Crippen molar-refractivity contribution < 1.29 is 14.7 Å². The second-order valence-electron chi connectivity index (χ2n) is 5.86. The van der Waals surface area contributed by atoms with Crippen LogP contribution in [0.25, 0.3) is 0 Å². The minimum atomic E-state index is -1.03. The van der Waals surface area contributed by atoms with Crippen LogP contribution in [0.5, 0.6) is 0 Å². The number of carbonyl (C=O) groups is 2. The summed E-state index contributed by atoms with van der Waals surface area (Å²) in [6, 6.07) is 5.31. The van der Waals surface area contributed by atoms with Crippen LogP contribution in [0.3, 0.4) is 0 Å². The maximum Gasteiger partial charge on any atom is 0.325 e. The van der Waals surface area contributed by atoms with Crippen molar-refractivity contribution >= 4 is 11.9 Å². The van der Waals surface area contributed by atoms with Crippen LogP contribution in [-0.4, -0.2) is 29.6 Å². The topological polar surface area (TPSA) is 78.4 Å². The second-order valence-corrected chi connectivity index (χ2v) is 5.86. The molecule has 5 nitrogen and oxygen atoms in total. The third-order valence-corrected chi connectivity index (χ3v) is 3.92. The number of aliphatic carboxylic acids is 1. The number of nitrogens with one attached hydrogen (secondary N) is 2. The number of fused-ring (bicyclic) bond motifs is 1. The molecule has 0 spiro atoms. The smallest absolute Gasteiger partial charge is 0.325 e. The molecule has 0 fully saturated rings. The van der Waals surface area contributed by atoms with Gasteiger partial charge in [0, 0.05) is 13.1 Å². The lowest BCUT2D eigenvalue weighted by Gasteiger charge is -2.27. The van der Waals surface area contributed by atoms with Crippen molar-refractivity contribution in [2.45, 2.75) is 45.2 Å². The Morgan fingerprint density at radius 3 is 2.67 bits per heavy atom. The van der Waals surface area contributed by atoms with Crippen molar-refractivity contribution in [1.82, 2.24) is 10.6 Å². The average molecular weight is 290 g/mol. The molecule has 0 saturated carbocycles. The molecule has 2 atom stereocenters. The zero-order valence-corrected chi connectivity index (χ0v) is 12.6. The van der Waals surface area contributed by atoms with Gasteiger partial charge in [-0.05, 0) is 29.5 Å². The van der Waals surface area contributed by atoms with Gasteiger partial charge >= 0.3 is 5.97 Å². The fraction of sp³-hybridized carbons (Fsp3) is 0.500. The van der Waals surface area contributed by atoms with E-state index in [9.17, 15) is 9.59 Å². The van der Waals surface area contributed by atoms with E-state index < -0.39 is 12.0 Å². The minimum Gasteiger partial charge on any atom is -0.480 e. The Hall–Kier alpha value is -1.88. The van der Waals surface area contributed by atoms with Crippen LogP contribution in [0, 0.1) is 0 Å². The summed E-state index contributed by atoms with van der Waals surface area (Å²) in [5, 5.41) is 14.7. The highest BCUT2D eigenvalue weighted by molar-refractivity contribution is 5.88. The van der Waals surface area contributed by atoms with Crippen LogP contribution in [0.4, 0.5) is 0 Å². The SMILES string of the molecule is CC(NC(=O)C1CNCc2cc(C(C)C)ccc21)C(=O)O. The van der Waals surface area contributed by atoms with Crippen LogP contribution < -0.4 is 10.6 Å². The third-order valence-electron chi connectivity index (χ3n) is 3.92. The highest BCUT2D eigenvalue weighted by Crippen LogP contribution is 2.27. The molecule has 0 aliphatic carbocycles. The van der Waals surface area contributed by atoms with Crippen molar-refractivity contribution in [2.24, 2.45) is 0 Å². The van der Waals surface area contributed by atoms with E-state index in [0.29, 0.717) is 12.5 Å². The number of carbonyl (C=O) groups excluding carboxylic acids is 1. The number of benzene rings is 1. The van der Waals surface area contributed by atoms with Gasteiger partial charge in [0.15, 0.2) is 0 Å². The molecule has 0 aromatic heterocycles. The zero-order valence-electron chi connectivity index (χ0n) is 12.6. The second kappa shape index (κ2) is 6.26. The molecule has 0 saturated heterocycles. The molecule has 1 aliphatic rings. The van der Waals surface area contributed by atoms with Crippen molar-refractivity contribution in [3.63, 3.8) is 0 Å². The van der Waals surface area contributed by atoms with Crippen molar-refractivity contribution in [3.05, 3.63) is 34.9 Å². The minimum absolute atomic E-state index is 0.240. The Kier molecular flexibility index (Phi) is 4.63. The number of amides is 1. The van der Waals surface area contributed by atoms with Gasteiger partial charge in [0.1, 0.15) is 6.04 Å². The maximum absolute atomic E-state index is 12.3. The first-order valence-corrected chi connectivity index (χ1v) is 7.26. The van der Waals surface area contributed by atoms with Crippen LogP contribution in [0.1, 0.15) is 49.3 Å². The quantitative estimate of drug-likeness (QED) is 0.787. The molecule has 1 aromatic rings. The van der Waals surface area contributed by atoms with E-state index in [0.717, 1.165) is 17.7 Å². The number of rotatable bonds is 4. The number of hydrogen-bond donors (Lipinski definition) is 3. The molecule has 0 bridgehead atoms. The van der Waals surface area contributed by atoms with E-state index in [4.69, 9.17) is 5.11 Å². The van der Waals surface area contributed by atoms with Crippen LogP contribution in [0.15, 0.2) is 18.2 Å². The molecule has 21 heavy (non-hydrogen) atoms. The lowest BCUT2D eigenvalue weighted by atomic mass is 9.87. The summed E-state index contributed by atoms with van der Waals surface area (Å²) >= 11 is 0. The normalized spacial score (nSPS) is 19.0. The highest BCUT2D eigenvalue weighted by Gasteiger charge is 2.28. The molecule has 1 heterocycles. The van der Waals surface area contributed by atoms with Crippen molar-refractivity contribution in [3.8, 4) is 0 Å². The van der Waals surface area contributed by atoms with Crippen LogP contribution in [0.2, 0.25) is 0 Å². The van der Waals surface area contributed by atoms with Gasteiger partial charge in [-0.15, -0.1) is 0 Å². The molecule has 3 N–H and O–H groups in total. The molecule has 114 valence electrons. The predicted molar refractivity (Wildman–Crippen MR) is 80.2 cm³/mol. The molecule has 5 heteroatoms. The largest absolute Gasteiger partial charge is 0.480 e. The van der Waals surface area contributed by atoms with Crippen LogP contribution >= 0.6 is 0 Å². The van der Waals surface area contributed by atoms with Gasteiger partial charge in [-0.3, -0.25) is 9.59 Å². The van der Waals surface area contributed by atoms with Crippen LogP contribution in [-0.2, 0) is 16.1 Å². The van der Waals surface area contributed by atoms with Gasteiger partial charge in [-0.1, -0.05) is 32.0 Å². The highest BCUT2D eigenvalue weighted by atomic mass is 16.4. The Balaban J connectivity index is 2.22. The first-order valence-electron chi connectivity index (χ1n) is 7.26. The van der Waals surface area contributed by atoms with Gasteiger partial charge in [0.05, 0.1) is 5.92 Å². The molecule has 1 aromatic carbocycles. The molecule has 2 rings (SSSR count). The Morgan fingerprint density at radius 1 is 1.33 bits per heavy atom. The summed E-state index contributed by atoms with van der Waals surface area (Å²) in [6.07, 6.45) is 0. The Bertz CT molecular complexity index is 554. The van der Waals surface area contributed by atoms with Gasteiger partial charge in [0.2, 0.25) is 5.91 Å². The third kappa shape index (κ3) is 3.42. The summed E-state index contributed by atoms with van der Waals surface area (Å²) in [6.45, 7) is 7.02. The lowest BCUT2D eigenvalue weighted by Crippen LogP contribution is -2.44. The molecule has 1 aliphatic heterocycles. The first-order chi connectivity index (χ1) is 9.90. The molecular weight excluding hydrogens is 268 g/mol. The molecule has 2 unspecified atom stereocenters. The monoisotopic (exact) mass is 290 g/mol. The summed E-state index contributed by atoms with van der Waals surface area (Å²) in [5.74, 6) is -1.16. The standard InChI is InChI=1S/C16H22N2O3/c1-9(2)11-4-5-13-12(6-11)7-17-8-14(13)15(19)18-10(3)16(20)21/h4-6,9-10,14,17H,7-8H2,1-3H3,(H,18,19)(H,20,21). The lowest BCUT2D eigenvalue weighted by molar-refractivity contribution is -0.141. The maximum atomic E-state index is 12.3. The first kappa shape index (κ1) is 15.5. The van der Waals surface area contributed by atoms with Gasteiger partial charge in [-0.2, -0.15) is 0 Å². The fourth-order valence-electron chi connectivity index (χ4n) is 2.55. The van der Waals surface area contributed by atoms with Gasteiger partial charge in [-0.25, -0.2) is 0 Å². The summed E-state index contributed by atoms with van der Waals surface area (Å²) < 4.78 is 0. The van der Waals surface area contributed by atoms with E-state index in [-0.39, 0.29) is 11.8 Å². The predicted octanol–water partition coefficient (Wildman–Crippen LogP) is 1.59. The Morgan fingerprint density at radius 2 is 2.05 bits per heavy atom. The molecular formula is C16H22N2O3. The van der Waals surface area contributed by atoms with Gasteiger partial charge in [0.25, 0.3) is 0 Å². The zero-order chi connectivity index (χ0) is 15.6. The summed E-state index contributed by atoms with van der Waals surface area (Å²) in [5.41, 5.74) is 3.36. The van der Waals surface area contributed by atoms with E-state index in [1.165, 1.54) is 12.5 Å². The van der Waals surface area contributed by atoms with Gasteiger partial charge < -0.3 is 15.7 Å². The van der Waals surface area contributed by atoms with E-state index in [1.807, 2.05) is 6.07 Å².